The van der Waals surface area contributed by atoms with Crippen LogP contribution in [0.4, 0.5) is 0 Å². The van der Waals surface area contributed by atoms with Gasteiger partial charge in [0.1, 0.15) is 17.5 Å². The van der Waals surface area contributed by atoms with Crippen molar-refractivity contribution in [1.82, 2.24) is 0 Å². The fourth-order valence-electron chi connectivity index (χ4n) is 4.78. The highest BCUT2D eigenvalue weighted by atomic mass is 16.5. The van der Waals surface area contributed by atoms with Crippen molar-refractivity contribution in [3.8, 4) is 11.5 Å². The number of ether oxygens (including phenoxy) is 1. The molecule has 238 valence electrons. The normalized spacial score (nSPS) is 14.1. The van der Waals surface area contributed by atoms with E-state index in [0.717, 1.165) is 40.7 Å². The standard InChI is InChI=1S/C37H56N2O4/c1-34(2,3)26-18-24(31(40)28(20-26)36(7,8)9)22-38-17-15-14-16-30(33(42)43-13)39-23-25-19-27(35(4,5)6)21-29(32(25)41)37(10,11)12/h18-23,30,40-41H,14-17H2,1-13H3. The minimum atomic E-state index is -0.674. The lowest BCUT2D eigenvalue weighted by molar-refractivity contribution is -0.142. The van der Waals surface area contributed by atoms with Crippen LogP contribution < -0.4 is 0 Å². The molecule has 0 fully saturated rings. The number of aliphatic imine (C=N–C) groups is 2. The number of benzene rings is 2. The molecule has 2 rings (SSSR count). The van der Waals surface area contributed by atoms with Gasteiger partial charge in [-0.05, 0) is 64.2 Å². The Morgan fingerprint density at radius 3 is 1.56 bits per heavy atom. The fraction of sp³-hybridized carbons (Fsp3) is 0.595. The zero-order valence-electron chi connectivity index (χ0n) is 29.0. The SMILES string of the molecule is COC(=O)C(CCCCN=Cc1cc(C(C)(C)C)cc(C(C)(C)C)c1O)N=Cc1cc(C(C)(C)C)cc(C(C)(C)C)c1O. The molecule has 0 saturated heterocycles. The summed E-state index contributed by atoms with van der Waals surface area (Å²) in [6.07, 6.45) is 5.34. The Morgan fingerprint density at radius 1 is 0.721 bits per heavy atom. The molecule has 0 spiro atoms. The highest BCUT2D eigenvalue weighted by Crippen LogP contribution is 2.38. The number of carbonyl (C=O) groups is 1. The zero-order chi connectivity index (χ0) is 33.0. The summed E-state index contributed by atoms with van der Waals surface area (Å²) in [6.45, 7) is 26.0. The van der Waals surface area contributed by atoms with Gasteiger partial charge in [-0.1, -0.05) is 95.2 Å². The molecule has 1 unspecified atom stereocenters. The number of carbonyl (C=O) groups excluding carboxylic acids is 1. The summed E-state index contributed by atoms with van der Waals surface area (Å²) in [6, 6.07) is 7.46. The highest BCUT2D eigenvalue weighted by Gasteiger charge is 2.26. The highest BCUT2D eigenvalue weighted by molar-refractivity contribution is 5.88. The van der Waals surface area contributed by atoms with Gasteiger partial charge in [-0.3, -0.25) is 9.98 Å². The lowest BCUT2D eigenvalue weighted by atomic mass is 9.79. The van der Waals surface area contributed by atoms with Gasteiger partial charge in [0.05, 0.1) is 7.11 Å². The smallest absolute Gasteiger partial charge is 0.330 e. The van der Waals surface area contributed by atoms with Crippen molar-refractivity contribution in [3.05, 3.63) is 57.6 Å². The van der Waals surface area contributed by atoms with Gasteiger partial charge < -0.3 is 14.9 Å². The number of aromatic hydroxyl groups is 2. The molecule has 6 heteroatoms. The van der Waals surface area contributed by atoms with E-state index in [1.54, 1.807) is 12.4 Å². The minimum absolute atomic E-state index is 0.0567. The summed E-state index contributed by atoms with van der Waals surface area (Å²) < 4.78 is 5.04. The van der Waals surface area contributed by atoms with Crippen molar-refractivity contribution in [2.45, 2.75) is 130 Å². The Hall–Kier alpha value is -3.15. The second-order valence-electron chi connectivity index (χ2n) is 15.8. The van der Waals surface area contributed by atoms with Gasteiger partial charge >= 0.3 is 5.97 Å². The molecule has 0 aliphatic rings. The van der Waals surface area contributed by atoms with Crippen molar-refractivity contribution in [2.24, 2.45) is 9.98 Å². The molecule has 0 heterocycles. The molecule has 0 radical (unpaired) electrons. The quantitative estimate of drug-likeness (QED) is 0.173. The number of phenolic OH excluding ortho intramolecular Hbond substituents is 2. The number of methoxy groups -OCH3 is 1. The van der Waals surface area contributed by atoms with E-state index >= 15 is 0 Å². The van der Waals surface area contributed by atoms with Crippen LogP contribution in [0.5, 0.6) is 11.5 Å². The second kappa shape index (κ2) is 13.7. The van der Waals surface area contributed by atoms with Crippen LogP contribution in [0.25, 0.3) is 0 Å². The van der Waals surface area contributed by atoms with Crippen LogP contribution in [-0.2, 0) is 31.2 Å². The predicted octanol–water partition coefficient (Wildman–Crippen LogP) is 8.54. The van der Waals surface area contributed by atoms with E-state index < -0.39 is 12.0 Å². The summed E-state index contributed by atoms with van der Waals surface area (Å²) in [5.74, 6) is 0.0641. The summed E-state index contributed by atoms with van der Waals surface area (Å²) in [7, 11) is 1.37. The van der Waals surface area contributed by atoms with Crippen LogP contribution in [0, 0.1) is 0 Å². The first-order chi connectivity index (χ1) is 19.6. The molecule has 2 N–H and O–H groups in total. The Morgan fingerprint density at radius 2 is 1.16 bits per heavy atom. The number of hydrogen-bond donors (Lipinski definition) is 2. The molecule has 2 aromatic carbocycles. The molecule has 0 aliphatic heterocycles. The Bertz CT molecular complexity index is 1330. The summed E-state index contributed by atoms with van der Waals surface area (Å²) in [5.41, 5.74) is 4.71. The molecule has 1 atom stereocenters. The van der Waals surface area contributed by atoms with Crippen LogP contribution in [0.3, 0.4) is 0 Å². The summed E-state index contributed by atoms with van der Waals surface area (Å²) >= 11 is 0. The van der Waals surface area contributed by atoms with E-state index in [-0.39, 0.29) is 33.2 Å². The van der Waals surface area contributed by atoms with Gasteiger partial charge in [-0.15, -0.1) is 0 Å². The Balaban J connectivity index is 2.20. The van der Waals surface area contributed by atoms with Crippen molar-refractivity contribution in [3.63, 3.8) is 0 Å². The lowest BCUT2D eigenvalue weighted by Gasteiger charge is -2.27. The first-order valence-electron chi connectivity index (χ1n) is 15.4. The number of nitrogens with zero attached hydrogens (tertiary/aromatic N) is 2. The molecule has 6 nitrogen and oxygen atoms in total. The topological polar surface area (TPSA) is 91.5 Å². The molecule has 43 heavy (non-hydrogen) atoms. The zero-order valence-corrected chi connectivity index (χ0v) is 29.0. The first kappa shape index (κ1) is 36.0. The van der Waals surface area contributed by atoms with E-state index in [4.69, 9.17) is 4.74 Å². The number of phenols is 2. The molecule has 2 aromatic rings. The lowest BCUT2D eigenvalue weighted by Crippen LogP contribution is -2.21. The van der Waals surface area contributed by atoms with Gasteiger partial charge in [-0.25, -0.2) is 4.79 Å². The largest absolute Gasteiger partial charge is 0.507 e. The van der Waals surface area contributed by atoms with Gasteiger partial charge in [0, 0.05) is 41.2 Å². The second-order valence-corrected chi connectivity index (χ2v) is 15.8. The van der Waals surface area contributed by atoms with Gasteiger partial charge in [0.15, 0.2) is 0 Å². The molecule has 0 saturated carbocycles. The molecule has 0 bridgehead atoms. The molecule has 0 aliphatic carbocycles. The fourth-order valence-corrected chi connectivity index (χ4v) is 4.78. The summed E-state index contributed by atoms with van der Waals surface area (Å²) in [5, 5.41) is 22.1. The van der Waals surface area contributed by atoms with Crippen LogP contribution in [-0.4, -0.2) is 48.3 Å². The van der Waals surface area contributed by atoms with E-state index in [1.807, 2.05) is 12.1 Å². The van der Waals surface area contributed by atoms with E-state index in [0.29, 0.717) is 18.5 Å². The maximum absolute atomic E-state index is 12.6. The van der Waals surface area contributed by atoms with Crippen LogP contribution in [0.2, 0.25) is 0 Å². The number of unbranched alkanes of at least 4 members (excludes halogenated alkanes) is 1. The van der Waals surface area contributed by atoms with Crippen LogP contribution in [0.15, 0.2) is 34.3 Å². The van der Waals surface area contributed by atoms with Crippen LogP contribution >= 0.6 is 0 Å². The van der Waals surface area contributed by atoms with E-state index in [9.17, 15) is 15.0 Å². The molecular formula is C37H56N2O4. The van der Waals surface area contributed by atoms with Gasteiger partial charge in [-0.2, -0.15) is 0 Å². The Labute approximate surface area is 260 Å². The minimum Gasteiger partial charge on any atom is -0.507 e. The third-order valence-electron chi connectivity index (χ3n) is 7.74. The number of rotatable bonds is 9. The van der Waals surface area contributed by atoms with Gasteiger partial charge in [0.25, 0.3) is 0 Å². The molecule has 0 amide bonds. The van der Waals surface area contributed by atoms with Crippen molar-refractivity contribution < 1.29 is 19.7 Å². The third-order valence-corrected chi connectivity index (χ3v) is 7.74. The van der Waals surface area contributed by atoms with Crippen molar-refractivity contribution >= 4 is 18.4 Å². The van der Waals surface area contributed by atoms with E-state index in [1.165, 1.54) is 7.11 Å². The first-order valence-corrected chi connectivity index (χ1v) is 15.4. The third kappa shape index (κ3) is 9.94. The predicted molar refractivity (Wildman–Crippen MR) is 181 cm³/mol. The van der Waals surface area contributed by atoms with Gasteiger partial charge in [0.2, 0.25) is 0 Å². The summed E-state index contributed by atoms with van der Waals surface area (Å²) in [4.78, 5) is 21.8. The molecule has 0 aromatic heterocycles. The average molecular weight is 593 g/mol. The maximum atomic E-state index is 12.6. The number of hydrogen-bond acceptors (Lipinski definition) is 6. The maximum Gasteiger partial charge on any atom is 0.330 e. The number of esters is 1. The van der Waals surface area contributed by atoms with Crippen molar-refractivity contribution in [1.29, 1.82) is 0 Å². The van der Waals surface area contributed by atoms with Crippen LogP contribution in [0.1, 0.15) is 136 Å². The monoisotopic (exact) mass is 592 g/mol. The average Bonchev–Trinajstić information content (AvgIpc) is 2.86. The Kier molecular flexibility index (Phi) is 11.4. The van der Waals surface area contributed by atoms with E-state index in [2.05, 4.69) is 105 Å². The molecular weight excluding hydrogens is 536 g/mol. The van der Waals surface area contributed by atoms with Crippen molar-refractivity contribution in [2.75, 3.05) is 13.7 Å².